The molecule has 0 amide bonds. The van der Waals surface area contributed by atoms with E-state index in [-0.39, 0.29) is 30.9 Å². The minimum atomic E-state index is -0.403. The summed E-state index contributed by atoms with van der Waals surface area (Å²) in [4.78, 5) is 0. The summed E-state index contributed by atoms with van der Waals surface area (Å²) in [6.45, 7) is 13.5. The summed E-state index contributed by atoms with van der Waals surface area (Å²) in [6.07, 6.45) is 2.20. The Kier molecular flexibility index (Phi) is 21.5. The highest BCUT2D eigenvalue weighted by Gasteiger charge is 2.16. The Morgan fingerprint density at radius 3 is 1.15 bits per heavy atom. The highest BCUT2D eigenvalue weighted by atomic mass is 79.9. The van der Waals surface area contributed by atoms with Gasteiger partial charge in [-0.25, -0.2) is 0 Å². The Morgan fingerprint density at radius 2 is 1.00 bits per heavy atom. The van der Waals surface area contributed by atoms with Crippen LogP contribution in [0.3, 0.4) is 0 Å². The van der Waals surface area contributed by atoms with Gasteiger partial charge < -0.3 is 31.7 Å². The number of nitrogens with one attached hydrogen (secondary N) is 2. The minimum absolute atomic E-state index is 0.0486. The highest BCUT2D eigenvalue weighted by molar-refractivity contribution is 9.09. The van der Waals surface area contributed by atoms with Crippen LogP contribution in [0.2, 0.25) is 0 Å². The van der Waals surface area contributed by atoms with E-state index in [0.717, 1.165) is 30.2 Å². The van der Waals surface area contributed by atoms with Crippen LogP contribution in [-0.2, 0) is 0 Å². The van der Waals surface area contributed by atoms with Gasteiger partial charge in [0.1, 0.15) is 0 Å². The number of hydrogen-bond donors (Lipinski definition) is 6. The van der Waals surface area contributed by atoms with Crippen LogP contribution in [0.1, 0.15) is 54.4 Å². The molecule has 0 bridgehead atoms. The normalized spacial score (nSPS) is 12.0. The second kappa shape index (κ2) is 17.8. The molecule has 0 aliphatic carbocycles. The molecule has 0 fully saturated rings. The average molecular weight is 509 g/mol. The van der Waals surface area contributed by atoms with Gasteiger partial charge in [-0.3, -0.25) is 0 Å². The molecule has 0 aliphatic rings. The maximum atomic E-state index is 9.01. The molecular formula is C18H43Br2N3O3. The summed E-state index contributed by atoms with van der Waals surface area (Å²) in [7, 11) is 0. The Balaban J connectivity index is -0.000000394. The van der Waals surface area contributed by atoms with Crippen molar-refractivity contribution in [1.82, 2.24) is 10.6 Å². The van der Waals surface area contributed by atoms with Gasteiger partial charge in [-0.05, 0) is 67.5 Å². The summed E-state index contributed by atoms with van der Waals surface area (Å²) in [6, 6.07) is 0. The standard InChI is InChI=1S/C11H26N2O2.C4H11NO.C3H6Br2/c1-10(2,8-14)12-6-5-7-13-11(3,4)9-15;1-4(2,5)3-6;4-2-1-3-5/h12-15H,5-9H2,1-4H3;6H,3,5H2,1-2H3;1-3H2. The van der Waals surface area contributed by atoms with Crippen molar-refractivity contribution < 1.29 is 15.3 Å². The van der Waals surface area contributed by atoms with Crippen molar-refractivity contribution >= 4 is 31.9 Å². The second-order valence-electron chi connectivity index (χ2n) is 8.17. The van der Waals surface area contributed by atoms with Crippen LogP contribution >= 0.6 is 31.9 Å². The van der Waals surface area contributed by atoms with Gasteiger partial charge >= 0.3 is 0 Å². The predicted molar refractivity (Wildman–Crippen MR) is 121 cm³/mol. The maximum Gasteiger partial charge on any atom is 0.0607 e. The monoisotopic (exact) mass is 507 g/mol. The molecule has 6 nitrogen and oxygen atoms in total. The average Bonchev–Trinajstić information content (AvgIpc) is 2.55. The van der Waals surface area contributed by atoms with Crippen molar-refractivity contribution in [3.05, 3.63) is 0 Å². The number of alkyl halides is 2. The van der Waals surface area contributed by atoms with Crippen LogP contribution in [0.15, 0.2) is 0 Å². The number of aliphatic hydroxyl groups is 3. The van der Waals surface area contributed by atoms with Crippen molar-refractivity contribution in [3.63, 3.8) is 0 Å². The van der Waals surface area contributed by atoms with Crippen LogP contribution in [0, 0.1) is 0 Å². The quantitative estimate of drug-likeness (QED) is 0.188. The highest BCUT2D eigenvalue weighted by Crippen LogP contribution is 2.01. The fraction of sp³-hybridized carbons (Fsp3) is 1.00. The summed E-state index contributed by atoms with van der Waals surface area (Å²) in [5, 5.41) is 35.0. The first-order valence-corrected chi connectivity index (χ1v) is 11.3. The maximum absolute atomic E-state index is 9.01. The fourth-order valence-corrected chi connectivity index (χ4v) is 2.42. The number of aliphatic hydroxyl groups excluding tert-OH is 3. The molecule has 0 aromatic carbocycles. The van der Waals surface area contributed by atoms with E-state index in [2.05, 4.69) is 42.5 Å². The molecular weight excluding hydrogens is 466 g/mol. The predicted octanol–water partition coefficient (Wildman–Crippen LogP) is 1.98. The van der Waals surface area contributed by atoms with Gasteiger partial charge in [0.2, 0.25) is 0 Å². The van der Waals surface area contributed by atoms with Gasteiger partial charge in [0, 0.05) is 27.3 Å². The zero-order chi connectivity index (χ0) is 21.3. The van der Waals surface area contributed by atoms with Gasteiger partial charge in [-0.15, -0.1) is 0 Å². The number of nitrogens with two attached hydrogens (primary N) is 1. The summed E-state index contributed by atoms with van der Waals surface area (Å²) in [5.41, 5.74) is 4.48. The van der Waals surface area contributed by atoms with E-state index in [1.807, 2.05) is 27.7 Å². The van der Waals surface area contributed by atoms with Crippen LogP contribution < -0.4 is 16.4 Å². The van der Waals surface area contributed by atoms with Gasteiger partial charge in [-0.1, -0.05) is 31.9 Å². The molecule has 0 heterocycles. The molecule has 0 unspecified atom stereocenters. The SMILES string of the molecule is BrCCCBr.CC(C)(CO)NCCCNC(C)(C)CO.CC(C)(N)CO. The molecule has 0 aromatic rings. The third kappa shape index (κ3) is 29.5. The Morgan fingerprint density at radius 1 is 0.692 bits per heavy atom. The zero-order valence-corrected chi connectivity index (χ0v) is 20.7. The lowest BCUT2D eigenvalue weighted by molar-refractivity contribution is 0.181. The molecule has 0 radical (unpaired) electrons. The van der Waals surface area contributed by atoms with E-state index >= 15 is 0 Å². The molecule has 0 atom stereocenters. The molecule has 0 spiro atoms. The summed E-state index contributed by atoms with van der Waals surface area (Å²) >= 11 is 6.56. The molecule has 0 aliphatic heterocycles. The van der Waals surface area contributed by atoms with Gasteiger partial charge in [-0.2, -0.15) is 0 Å². The number of hydrogen-bond acceptors (Lipinski definition) is 6. The smallest absolute Gasteiger partial charge is 0.0607 e. The molecule has 162 valence electrons. The fourth-order valence-electron chi connectivity index (χ4n) is 1.10. The second-order valence-corrected chi connectivity index (χ2v) is 9.76. The lowest BCUT2D eigenvalue weighted by Crippen LogP contribution is -2.46. The molecule has 7 N–H and O–H groups in total. The van der Waals surface area contributed by atoms with Gasteiger partial charge in [0.25, 0.3) is 0 Å². The van der Waals surface area contributed by atoms with Crippen molar-refractivity contribution in [2.24, 2.45) is 5.73 Å². The minimum Gasteiger partial charge on any atom is -0.394 e. The first-order valence-electron chi connectivity index (χ1n) is 9.04. The molecule has 0 saturated carbocycles. The number of rotatable bonds is 11. The lowest BCUT2D eigenvalue weighted by Gasteiger charge is -2.26. The van der Waals surface area contributed by atoms with E-state index in [9.17, 15) is 0 Å². The topological polar surface area (TPSA) is 111 Å². The van der Waals surface area contributed by atoms with Crippen LogP contribution in [0.5, 0.6) is 0 Å². The van der Waals surface area contributed by atoms with Crippen LogP contribution in [0.4, 0.5) is 0 Å². The molecule has 8 heteroatoms. The third-order valence-corrected chi connectivity index (χ3v) is 4.15. The van der Waals surface area contributed by atoms with Gasteiger partial charge in [0.15, 0.2) is 0 Å². The summed E-state index contributed by atoms with van der Waals surface area (Å²) in [5.74, 6) is 0. The molecule has 0 saturated heterocycles. The Hall–Kier alpha value is 0.720. The first kappa shape index (κ1) is 31.4. The summed E-state index contributed by atoms with van der Waals surface area (Å²) < 4.78 is 0. The third-order valence-electron chi connectivity index (χ3n) is 3.03. The number of halogens is 2. The molecule has 0 rings (SSSR count). The van der Waals surface area contributed by atoms with Crippen molar-refractivity contribution in [2.45, 2.75) is 71.0 Å². The van der Waals surface area contributed by atoms with Crippen molar-refractivity contribution in [2.75, 3.05) is 43.6 Å². The molecule has 26 heavy (non-hydrogen) atoms. The van der Waals surface area contributed by atoms with Crippen LogP contribution in [-0.4, -0.2) is 75.5 Å². The first-order chi connectivity index (χ1) is 11.8. The van der Waals surface area contributed by atoms with E-state index in [1.165, 1.54) is 6.42 Å². The van der Waals surface area contributed by atoms with Crippen molar-refractivity contribution in [3.8, 4) is 0 Å². The Bertz CT molecular complexity index is 280. The largest absolute Gasteiger partial charge is 0.394 e. The molecule has 0 aromatic heterocycles. The Labute approximate surface area is 178 Å². The van der Waals surface area contributed by atoms with E-state index in [1.54, 1.807) is 13.8 Å². The van der Waals surface area contributed by atoms with E-state index in [0.29, 0.717) is 0 Å². The van der Waals surface area contributed by atoms with E-state index in [4.69, 9.17) is 21.1 Å². The van der Waals surface area contributed by atoms with Gasteiger partial charge in [0.05, 0.1) is 19.8 Å². The zero-order valence-electron chi connectivity index (χ0n) is 17.5. The van der Waals surface area contributed by atoms with E-state index < -0.39 is 5.54 Å². The lowest BCUT2D eigenvalue weighted by atomic mass is 10.1. The van der Waals surface area contributed by atoms with Crippen LogP contribution in [0.25, 0.3) is 0 Å². The van der Waals surface area contributed by atoms with Crippen molar-refractivity contribution in [1.29, 1.82) is 0 Å².